The zero-order valence-electron chi connectivity index (χ0n) is 11.3. The Morgan fingerprint density at radius 2 is 2.05 bits per heavy atom. The molecule has 2 aliphatic heterocycles. The molecule has 0 saturated carbocycles. The van der Waals surface area contributed by atoms with Crippen LogP contribution in [0.5, 0.6) is 11.5 Å². The number of hydrogen-bond donors (Lipinski definition) is 1. The third kappa shape index (κ3) is 1.94. The van der Waals surface area contributed by atoms with E-state index in [0.717, 1.165) is 55.4 Å². The first-order chi connectivity index (χ1) is 9.92. The van der Waals surface area contributed by atoms with Gasteiger partial charge in [0.1, 0.15) is 0 Å². The van der Waals surface area contributed by atoms with Crippen LogP contribution in [0.1, 0.15) is 17.8 Å². The van der Waals surface area contributed by atoms with Crippen LogP contribution < -0.4 is 14.8 Å². The summed E-state index contributed by atoms with van der Waals surface area (Å²) in [5.41, 5.74) is 3.52. The summed E-state index contributed by atoms with van der Waals surface area (Å²) in [7, 11) is 0. The molecule has 0 radical (unpaired) electrons. The summed E-state index contributed by atoms with van der Waals surface area (Å²) in [5.74, 6) is 1.67. The highest BCUT2D eigenvalue weighted by molar-refractivity contribution is 5.50. The highest BCUT2D eigenvalue weighted by Crippen LogP contribution is 2.32. The van der Waals surface area contributed by atoms with Gasteiger partial charge in [0.05, 0.1) is 30.9 Å². The SMILES string of the molecule is c1cc2c(cc1-n1cnc3c1CCNC3)OCCCO2. The van der Waals surface area contributed by atoms with Crippen molar-refractivity contribution in [2.45, 2.75) is 19.4 Å². The van der Waals surface area contributed by atoms with E-state index in [-0.39, 0.29) is 0 Å². The van der Waals surface area contributed by atoms with Crippen molar-refractivity contribution in [2.75, 3.05) is 19.8 Å². The maximum Gasteiger partial charge on any atom is 0.163 e. The second kappa shape index (κ2) is 4.83. The third-order valence-corrected chi connectivity index (χ3v) is 3.79. The van der Waals surface area contributed by atoms with Gasteiger partial charge in [-0.25, -0.2) is 4.98 Å². The molecule has 5 nitrogen and oxygen atoms in total. The molecule has 3 heterocycles. The lowest BCUT2D eigenvalue weighted by atomic mass is 10.1. The van der Waals surface area contributed by atoms with Crippen LogP contribution in [0.2, 0.25) is 0 Å². The maximum absolute atomic E-state index is 5.76. The number of rotatable bonds is 1. The molecule has 104 valence electrons. The summed E-state index contributed by atoms with van der Waals surface area (Å²) >= 11 is 0. The number of imidazole rings is 1. The van der Waals surface area contributed by atoms with Gasteiger partial charge in [0, 0.05) is 37.7 Å². The van der Waals surface area contributed by atoms with Gasteiger partial charge in [0.15, 0.2) is 11.5 Å². The fourth-order valence-electron chi connectivity index (χ4n) is 2.76. The largest absolute Gasteiger partial charge is 0.490 e. The molecule has 0 aliphatic carbocycles. The molecular weight excluding hydrogens is 254 g/mol. The van der Waals surface area contributed by atoms with Gasteiger partial charge in [0.25, 0.3) is 0 Å². The topological polar surface area (TPSA) is 48.3 Å². The van der Waals surface area contributed by atoms with Gasteiger partial charge in [-0.05, 0) is 12.1 Å². The molecule has 2 aromatic rings. The van der Waals surface area contributed by atoms with Crippen LogP contribution in [0.15, 0.2) is 24.5 Å². The molecule has 0 fully saturated rings. The van der Waals surface area contributed by atoms with E-state index in [0.29, 0.717) is 6.61 Å². The minimum absolute atomic E-state index is 0.711. The predicted molar refractivity (Wildman–Crippen MR) is 74.6 cm³/mol. The molecule has 2 aliphatic rings. The minimum atomic E-state index is 0.711. The summed E-state index contributed by atoms with van der Waals surface area (Å²) < 4.78 is 13.6. The van der Waals surface area contributed by atoms with Gasteiger partial charge in [-0.2, -0.15) is 0 Å². The Morgan fingerprint density at radius 3 is 3.00 bits per heavy atom. The lowest BCUT2D eigenvalue weighted by molar-refractivity contribution is 0.297. The predicted octanol–water partition coefficient (Wildman–Crippen LogP) is 1.68. The first-order valence-corrected chi connectivity index (χ1v) is 7.08. The maximum atomic E-state index is 5.76. The third-order valence-electron chi connectivity index (χ3n) is 3.79. The molecule has 0 unspecified atom stereocenters. The smallest absolute Gasteiger partial charge is 0.163 e. The molecule has 0 saturated heterocycles. The minimum Gasteiger partial charge on any atom is -0.490 e. The Hall–Kier alpha value is -2.01. The Bertz CT molecular complexity index is 636. The molecule has 1 N–H and O–H groups in total. The van der Waals surface area contributed by atoms with Crippen molar-refractivity contribution in [1.82, 2.24) is 14.9 Å². The number of benzene rings is 1. The van der Waals surface area contributed by atoms with Gasteiger partial charge in [0.2, 0.25) is 0 Å². The number of hydrogen-bond acceptors (Lipinski definition) is 4. The second-order valence-electron chi connectivity index (χ2n) is 5.12. The van der Waals surface area contributed by atoms with Crippen molar-refractivity contribution in [3.8, 4) is 17.2 Å². The van der Waals surface area contributed by atoms with E-state index in [1.54, 1.807) is 0 Å². The lowest BCUT2D eigenvalue weighted by Gasteiger charge is -2.16. The molecule has 5 heteroatoms. The Morgan fingerprint density at radius 1 is 1.15 bits per heavy atom. The van der Waals surface area contributed by atoms with E-state index in [1.807, 2.05) is 18.5 Å². The summed E-state index contributed by atoms with van der Waals surface area (Å²) in [6.45, 7) is 3.29. The Kier molecular flexibility index (Phi) is 2.85. The molecule has 1 aromatic heterocycles. The number of nitrogens with one attached hydrogen (secondary N) is 1. The summed E-state index contributed by atoms with van der Waals surface area (Å²) in [5, 5.41) is 3.34. The molecule has 0 spiro atoms. The Labute approximate surface area is 117 Å². The van der Waals surface area contributed by atoms with E-state index in [1.165, 1.54) is 5.69 Å². The first kappa shape index (κ1) is 11.8. The second-order valence-corrected chi connectivity index (χ2v) is 5.12. The van der Waals surface area contributed by atoms with Crippen LogP contribution >= 0.6 is 0 Å². The Balaban J connectivity index is 1.75. The normalized spacial score (nSPS) is 17.4. The van der Waals surface area contributed by atoms with Crippen LogP contribution in [0.3, 0.4) is 0 Å². The molecule has 4 rings (SSSR count). The quantitative estimate of drug-likeness (QED) is 0.857. The van der Waals surface area contributed by atoms with Gasteiger partial charge in [-0.1, -0.05) is 0 Å². The van der Waals surface area contributed by atoms with E-state index < -0.39 is 0 Å². The van der Waals surface area contributed by atoms with Crippen molar-refractivity contribution < 1.29 is 9.47 Å². The number of aromatic nitrogens is 2. The highest BCUT2D eigenvalue weighted by Gasteiger charge is 2.17. The zero-order chi connectivity index (χ0) is 13.4. The summed E-state index contributed by atoms with van der Waals surface area (Å²) in [6.07, 6.45) is 3.83. The van der Waals surface area contributed by atoms with Gasteiger partial charge >= 0.3 is 0 Å². The van der Waals surface area contributed by atoms with E-state index in [2.05, 4.69) is 20.9 Å². The highest BCUT2D eigenvalue weighted by atomic mass is 16.5. The number of ether oxygens (including phenoxy) is 2. The standard InChI is InChI=1S/C15H17N3O2/c1-6-19-14-3-2-11(8-15(14)20-7-1)18-10-17-12-9-16-5-4-13(12)18/h2-3,8,10,16H,1,4-7,9H2. The molecule has 0 bridgehead atoms. The average molecular weight is 271 g/mol. The fraction of sp³-hybridized carbons (Fsp3) is 0.400. The zero-order valence-corrected chi connectivity index (χ0v) is 11.3. The van der Waals surface area contributed by atoms with Crippen molar-refractivity contribution in [3.63, 3.8) is 0 Å². The molecular formula is C15H17N3O2. The molecule has 0 atom stereocenters. The monoisotopic (exact) mass is 271 g/mol. The van der Waals surface area contributed by atoms with Crippen molar-refractivity contribution in [1.29, 1.82) is 0 Å². The van der Waals surface area contributed by atoms with Crippen LogP contribution in [0.4, 0.5) is 0 Å². The summed E-state index contributed by atoms with van der Waals surface area (Å²) in [4.78, 5) is 4.49. The van der Waals surface area contributed by atoms with Gasteiger partial charge in [-0.15, -0.1) is 0 Å². The van der Waals surface area contributed by atoms with Crippen molar-refractivity contribution in [3.05, 3.63) is 35.9 Å². The van der Waals surface area contributed by atoms with Crippen LogP contribution in [0, 0.1) is 0 Å². The van der Waals surface area contributed by atoms with Gasteiger partial charge in [-0.3, -0.25) is 0 Å². The number of nitrogens with zero attached hydrogens (tertiary/aromatic N) is 2. The summed E-state index contributed by atoms with van der Waals surface area (Å²) in [6, 6.07) is 6.10. The van der Waals surface area contributed by atoms with Crippen LogP contribution in [0.25, 0.3) is 5.69 Å². The average Bonchev–Trinajstić information content (AvgIpc) is 2.78. The van der Waals surface area contributed by atoms with Crippen molar-refractivity contribution >= 4 is 0 Å². The molecule has 20 heavy (non-hydrogen) atoms. The molecule has 0 amide bonds. The first-order valence-electron chi connectivity index (χ1n) is 7.08. The lowest BCUT2D eigenvalue weighted by Crippen LogP contribution is -2.24. The molecule has 1 aromatic carbocycles. The van der Waals surface area contributed by atoms with E-state index >= 15 is 0 Å². The van der Waals surface area contributed by atoms with E-state index in [9.17, 15) is 0 Å². The fourth-order valence-corrected chi connectivity index (χ4v) is 2.76. The van der Waals surface area contributed by atoms with E-state index in [4.69, 9.17) is 9.47 Å². The van der Waals surface area contributed by atoms with Crippen molar-refractivity contribution in [2.24, 2.45) is 0 Å². The van der Waals surface area contributed by atoms with Gasteiger partial charge < -0.3 is 19.4 Å². The van der Waals surface area contributed by atoms with Crippen LogP contribution in [-0.2, 0) is 13.0 Å². The van der Waals surface area contributed by atoms with Crippen LogP contribution in [-0.4, -0.2) is 29.3 Å². The number of fused-ring (bicyclic) bond motifs is 2.